The van der Waals surface area contributed by atoms with Gasteiger partial charge in [-0.2, -0.15) is 0 Å². The van der Waals surface area contributed by atoms with E-state index >= 15 is 0 Å². The molecule has 3 heteroatoms. The zero-order valence-corrected chi connectivity index (χ0v) is 8.71. The molecule has 0 bridgehead atoms. The number of hydrogen-bond acceptors (Lipinski definition) is 2. The lowest BCUT2D eigenvalue weighted by molar-refractivity contribution is -0.123. The fraction of sp³-hybridized carbons (Fsp3) is 0.900. The topological polar surface area (TPSA) is 55.1 Å². The van der Waals surface area contributed by atoms with Gasteiger partial charge in [-0.05, 0) is 18.3 Å². The van der Waals surface area contributed by atoms with Crippen LogP contribution in [-0.4, -0.2) is 18.0 Å². The summed E-state index contributed by atoms with van der Waals surface area (Å²) in [4.78, 5) is 11.5. The molecule has 0 aromatic carbocycles. The van der Waals surface area contributed by atoms with E-state index in [9.17, 15) is 4.79 Å². The lowest BCUT2D eigenvalue weighted by Gasteiger charge is -2.17. The van der Waals surface area contributed by atoms with E-state index in [0.29, 0.717) is 12.0 Å². The molecule has 1 saturated carbocycles. The third kappa shape index (κ3) is 2.69. The minimum Gasteiger partial charge on any atom is -0.352 e. The van der Waals surface area contributed by atoms with E-state index in [-0.39, 0.29) is 17.9 Å². The minimum atomic E-state index is -0.335. The molecule has 3 nitrogen and oxygen atoms in total. The number of amides is 1. The predicted octanol–water partition coefficient (Wildman–Crippen LogP) is 0.884. The van der Waals surface area contributed by atoms with Crippen LogP contribution in [-0.2, 0) is 4.79 Å². The maximum absolute atomic E-state index is 11.5. The standard InChI is InChI=1S/C10H20N2O/c1-4-6(2)9(11)10(13)12-8-5-7(8)3/h6-9H,4-5,11H2,1-3H3,(H,12,13)/t6?,7?,8?,9-/m0/s1. The monoisotopic (exact) mass is 184 g/mol. The summed E-state index contributed by atoms with van der Waals surface area (Å²) in [5.41, 5.74) is 5.78. The molecule has 0 heterocycles. The van der Waals surface area contributed by atoms with Crippen LogP contribution in [0.3, 0.4) is 0 Å². The molecule has 1 amide bonds. The molecule has 0 spiro atoms. The molecule has 0 radical (unpaired) electrons. The number of rotatable bonds is 4. The van der Waals surface area contributed by atoms with Crippen molar-refractivity contribution in [2.45, 2.75) is 45.7 Å². The Bertz CT molecular complexity index is 193. The number of hydrogen-bond donors (Lipinski definition) is 2. The fourth-order valence-electron chi connectivity index (χ4n) is 1.31. The molecule has 13 heavy (non-hydrogen) atoms. The molecule has 0 saturated heterocycles. The molecule has 0 aromatic heterocycles. The second-order valence-electron chi connectivity index (χ2n) is 4.24. The first-order valence-corrected chi connectivity index (χ1v) is 5.12. The normalized spacial score (nSPS) is 30.8. The van der Waals surface area contributed by atoms with E-state index in [1.165, 1.54) is 0 Å². The summed E-state index contributed by atoms with van der Waals surface area (Å²) < 4.78 is 0. The summed E-state index contributed by atoms with van der Waals surface area (Å²) >= 11 is 0. The zero-order chi connectivity index (χ0) is 10.0. The maximum atomic E-state index is 11.5. The van der Waals surface area contributed by atoms with Gasteiger partial charge in [-0.15, -0.1) is 0 Å². The van der Waals surface area contributed by atoms with Gasteiger partial charge in [0.2, 0.25) is 5.91 Å². The molecule has 3 N–H and O–H groups in total. The van der Waals surface area contributed by atoms with Gasteiger partial charge < -0.3 is 11.1 Å². The Balaban J connectivity index is 2.29. The van der Waals surface area contributed by atoms with Crippen LogP contribution in [0.2, 0.25) is 0 Å². The zero-order valence-electron chi connectivity index (χ0n) is 8.71. The van der Waals surface area contributed by atoms with E-state index in [0.717, 1.165) is 12.8 Å². The van der Waals surface area contributed by atoms with Crippen molar-refractivity contribution in [2.75, 3.05) is 0 Å². The fourth-order valence-corrected chi connectivity index (χ4v) is 1.31. The van der Waals surface area contributed by atoms with Gasteiger partial charge in [0.15, 0.2) is 0 Å². The lowest BCUT2D eigenvalue weighted by atomic mass is 9.99. The van der Waals surface area contributed by atoms with E-state index in [1.54, 1.807) is 0 Å². The van der Waals surface area contributed by atoms with Crippen molar-refractivity contribution in [1.29, 1.82) is 0 Å². The van der Waals surface area contributed by atoms with Crippen molar-refractivity contribution >= 4 is 5.91 Å². The first-order valence-electron chi connectivity index (χ1n) is 5.12. The third-order valence-corrected chi connectivity index (χ3v) is 3.00. The Hall–Kier alpha value is -0.570. The summed E-state index contributed by atoms with van der Waals surface area (Å²) in [5, 5.41) is 2.95. The van der Waals surface area contributed by atoms with Crippen molar-refractivity contribution in [3.8, 4) is 0 Å². The summed E-state index contributed by atoms with van der Waals surface area (Å²) in [6, 6.07) is 0.0559. The molecule has 4 atom stereocenters. The number of nitrogens with two attached hydrogens (primary N) is 1. The van der Waals surface area contributed by atoms with Crippen LogP contribution in [0.5, 0.6) is 0 Å². The second kappa shape index (κ2) is 4.09. The molecule has 1 rings (SSSR count). The van der Waals surface area contributed by atoms with Gasteiger partial charge in [0.05, 0.1) is 6.04 Å². The molecule has 0 aliphatic heterocycles. The largest absolute Gasteiger partial charge is 0.352 e. The van der Waals surface area contributed by atoms with Gasteiger partial charge in [-0.25, -0.2) is 0 Å². The average Bonchev–Trinajstić information content (AvgIpc) is 2.79. The van der Waals surface area contributed by atoms with Gasteiger partial charge in [0.1, 0.15) is 0 Å². The van der Waals surface area contributed by atoms with Crippen LogP contribution in [0.1, 0.15) is 33.6 Å². The Morgan fingerprint density at radius 1 is 1.69 bits per heavy atom. The first kappa shape index (κ1) is 10.5. The highest BCUT2D eigenvalue weighted by Crippen LogP contribution is 2.29. The van der Waals surface area contributed by atoms with Crippen molar-refractivity contribution in [2.24, 2.45) is 17.6 Å². The summed E-state index contributed by atoms with van der Waals surface area (Å²) in [7, 11) is 0. The second-order valence-corrected chi connectivity index (χ2v) is 4.24. The molecular weight excluding hydrogens is 164 g/mol. The molecule has 1 fully saturated rings. The lowest BCUT2D eigenvalue weighted by Crippen LogP contribution is -2.45. The van der Waals surface area contributed by atoms with Crippen molar-refractivity contribution in [3.63, 3.8) is 0 Å². The van der Waals surface area contributed by atoms with E-state index in [2.05, 4.69) is 19.2 Å². The van der Waals surface area contributed by atoms with Gasteiger partial charge in [0, 0.05) is 6.04 Å². The predicted molar refractivity (Wildman–Crippen MR) is 53.1 cm³/mol. The van der Waals surface area contributed by atoms with Crippen LogP contribution in [0, 0.1) is 11.8 Å². The van der Waals surface area contributed by atoms with Gasteiger partial charge in [0.25, 0.3) is 0 Å². The Morgan fingerprint density at radius 3 is 2.62 bits per heavy atom. The molecule has 76 valence electrons. The quantitative estimate of drug-likeness (QED) is 0.681. The van der Waals surface area contributed by atoms with Gasteiger partial charge in [-0.1, -0.05) is 27.2 Å². The Kier molecular flexibility index (Phi) is 3.31. The molecule has 3 unspecified atom stereocenters. The summed E-state index contributed by atoms with van der Waals surface area (Å²) in [5.74, 6) is 0.936. The third-order valence-electron chi connectivity index (χ3n) is 3.00. The molecule has 0 aromatic rings. The number of carbonyl (C=O) groups is 1. The summed E-state index contributed by atoms with van der Waals surface area (Å²) in [6.07, 6.45) is 2.06. The van der Waals surface area contributed by atoms with E-state index in [4.69, 9.17) is 5.73 Å². The Morgan fingerprint density at radius 2 is 2.23 bits per heavy atom. The summed E-state index contributed by atoms with van der Waals surface area (Å²) in [6.45, 7) is 6.21. The highest BCUT2D eigenvalue weighted by Gasteiger charge is 2.35. The highest BCUT2D eigenvalue weighted by atomic mass is 16.2. The van der Waals surface area contributed by atoms with Gasteiger partial charge >= 0.3 is 0 Å². The van der Waals surface area contributed by atoms with E-state index < -0.39 is 0 Å². The smallest absolute Gasteiger partial charge is 0.237 e. The van der Waals surface area contributed by atoms with Crippen molar-refractivity contribution < 1.29 is 4.79 Å². The van der Waals surface area contributed by atoms with Crippen LogP contribution >= 0.6 is 0 Å². The molecule has 1 aliphatic carbocycles. The van der Waals surface area contributed by atoms with Gasteiger partial charge in [-0.3, -0.25) is 4.79 Å². The van der Waals surface area contributed by atoms with Crippen LogP contribution < -0.4 is 11.1 Å². The Labute approximate surface area is 80.1 Å². The van der Waals surface area contributed by atoms with Crippen LogP contribution in [0.4, 0.5) is 0 Å². The number of nitrogens with one attached hydrogen (secondary N) is 1. The highest BCUT2D eigenvalue weighted by molar-refractivity contribution is 5.82. The van der Waals surface area contributed by atoms with Crippen LogP contribution in [0.25, 0.3) is 0 Å². The first-order chi connectivity index (χ1) is 6.06. The van der Waals surface area contributed by atoms with Crippen LogP contribution in [0.15, 0.2) is 0 Å². The average molecular weight is 184 g/mol. The van der Waals surface area contributed by atoms with Crippen molar-refractivity contribution in [3.05, 3.63) is 0 Å². The number of carbonyl (C=O) groups excluding carboxylic acids is 1. The maximum Gasteiger partial charge on any atom is 0.237 e. The molecular formula is C10H20N2O. The van der Waals surface area contributed by atoms with E-state index in [1.807, 2.05) is 6.92 Å². The minimum absolute atomic E-state index is 0.0173. The SMILES string of the molecule is CCC(C)[C@H](N)C(=O)NC1CC1C. The van der Waals surface area contributed by atoms with Crippen molar-refractivity contribution in [1.82, 2.24) is 5.32 Å². The molecule has 1 aliphatic rings.